The van der Waals surface area contributed by atoms with Crippen LogP contribution in [0.25, 0.3) is 0 Å². The van der Waals surface area contributed by atoms with Gasteiger partial charge in [-0.15, -0.1) is 0 Å². The van der Waals surface area contributed by atoms with Crippen molar-refractivity contribution < 1.29 is 4.79 Å². The van der Waals surface area contributed by atoms with Gasteiger partial charge in [-0.3, -0.25) is 4.79 Å². The normalized spacial score (nSPS) is 23.4. The molecule has 1 aromatic carbocycles. The fourth-order valence-electron chi connectivity index (χ4n) is 2.83. The lowest BCUT2D eigenvalue weighted by Crippen LogP contribution is -2.48. The Morgan fingerprint density at radius 2 is 1.95 bits per heavy atom. The molecule has 1 heterocycles. The van der Waals surface area contributed by atoms with Crippen LogP contribution in [-0.2, 0) is 11.2 Å². The van der Waals surface area contributed by atoms with Gasteiger partial charge in [-0.1, -0.05) is 38.1 Å². The highest BCUT2D eigenvalue weighted by molar-refractivity contribution is 5.76. The van der Waals surface area contributed by atoms with Gasteiger partial charge in [0.1, 0.15) is 0 Å². The van der Waals surface area contributed by atoms with Gasteiger partial charge in [0.15, 0.2) is 0 Å². The van der Waals surface area contributed by atoms with E-state index in [4.69, 9.17) is 5.73 Å². The molecule has 3 nitrogen and oxygen atoms in total. The Morgan fingerprint density at radius 1 is 1.26 bits per heavy atom. The van der Waals surface area contributed by atoms with Gasteiger partial charge in [0.05, 0.1) is 0 Å². The van der Waals surface area contributed by atoms with E-state index in [1.54, 1.807) is 0 Å². The molecule has 1 saturated heterocycles. The third kappa shape index (κ3) is 3.35. The number of hydrogen-bond donors (Lipinski definition) is 1. The minimum atomic E-state index is 0.0973. The van der Waals surface area contributed by atoms with Crippen LogP contribution in [0.3, 0.4) is 0 Å². The molecule has 104 valence electrons. The molecule has 1 aromatic rings. The summed E-state index contributed by atoms with van der Waals surface area (Å²) in [7, 11) is 0. The van der Waals surface area contributed by atoms with Crippen molar-refractivity contribution >= 4 is 5.91 Å². The van der Waals surface area contributed by atoms with Crippen molar-refractivity contribution in [1.82, 2.24) is 4.90 Å². The average Bonchev–Trinajstić information content (AvgIpc) is 2.45. The number of hydrogen-bond acceptors (Lipinski definition) is 2. The molecule has 1 fully saturated rings. The fraction of sp³-hybridized carbons (Fsp3) is 0.562. The van der Waals surface area contributed by atoms with Crippen LogP contribution in [0, 0.1) is 0 Å². The van der Waals surface area contributed by atoms with Gasteiger partial charge in [0.2, 0.25) is 5.91 Å². The van der Waals surface area contributed by atoms with Crippen LogP contribution in [0.4, 0.5) is 0 Å². The molecule has 0 aromatic heterocycles. The van der Waals surface area contributed by atoms with Gasteiger partial charge in [-0.05, 0) is 24.0 Å². The number of aryl methyl sites for hydroxylation is 1. The van der Waals surface area contributed by atoms with Gasteiger partial charge in [0, 0.05) is 31.5 Å². The van der Waals surface area contributed by atoms with Crippen molar-refractivity contribution in [3.8, 4) is 0 Å². The molecular formula is C16H24N2O. The first-order valence-corrected chi connectivity index (χ1v) is 7.26. The first-order chi connectivity index (χ1) is 9.13. The number of nitrogens with two attached hydrogens (primary N) is 1. The standard InChI is InChI=1S/C16H24N2O/c1-3-12-5-7-13(8-6-12)14-9-15(17)11-18(10-14)16(19)4-2/h5-8,14-15H,3-4,9-11,17H2,1-2H3. The third-order valence-corrected chi connectivity index (χ3v) is 4.00. The van der Waals surface area contributed by atoms with Crippen molar-refractivity contribution in [3.05, 3.63) is 35.4 Å². The molecule has 0 spiro atoms. The van der Waals surface area contributed by atoms with Crippen LogP contribution in [0.5, 0.6) is 0 Å². The highest BCUT2D eigenvalue weighted by Crippen LogP contribution is 2.27. The number of nitrogens with zero attached hydrogens (tertiary/aromatic N) is 1. The maximum absolute atomic E-state index is 11.9. The van der Waals surface area contributed by atoms with Crippen molar-refractivity contribution in [2.24, 2.45) is 5.73 Å². The summed E-state index contributed by atoms with van der Waals surface area (Å²) < 4.78 is 0. The minimum absolute atomic E-state index is 0.0973. The number of carbonyl (C=O) groups is 1. The molecule has 2 N–H and O–H groups in total. The summed E-state index contributed by atoms with van der Waals surface area (Å²) in [4.78, 5) is 13.8. The van der Waals surface area contributed by atoms with Crippen LogP contribution < -0.4 is 5.73 Å². The average molecular weight is 260 g/mol. The van der Waals surface area contributed by atoms with Crippen LogP contribution in [-0.4, -0.2) is 29.9 Å². The summed E-state index contributed by atoms with van der Waals surface area (Å²) in [6.07, 6.45) is 2.60. The fourth-order valence-corrected chi connectivity index (χ4v) is 2.83. The Kier molecular flexibility index (Phi) is 4.59. The molecule has 1 aliphatic rings. The van der Waals surface area contributed by atoms with Gasteiger partial charge in [-0.2, -0.15) is 0 Å². The number of likely N-dealkylation sites (tertiary alicyclic amines) is 1. The first-order valence-electron chi connectivity index (χ1n) is 7.26. The monoisotopic (exact) mass is 260 g/mol. The van der Waals surface area contributed by atoms with E-state index in [0.717, 1.165) is 19.4 Å². The van der Waals surface area contributed by atoms with Crippen LogP contribution in [0.15, 0.2) is 24.3 Å². The Bertz CT molecular complexity index is 427. The zero-order valence-electron chi connectivity index (χ0n) is 11.9. The lowest BCUT2D eigenvalue weighted by Gasteiger charge is -2.36. The summed E-state index contributed by atoms with van der Waals surface area (Å²) in [5.41, 5.74) is 8.77. The lowest BCUT2D eigenvalue weighted by atomic mass is 9.87. The number of benzene rings is 1. The SMILES string of the molecule is CCC(=O)N1CC(N)CC(c2ccc(CC)cc2)C1. The topological polar surface area (TPSA) is 46.3 Å². The second-order valence-electron chi connectivity index (χ2n) is 5.44. The molecule has 2 rings (SSSR count). The molecule has 0 radical (unpaired) electrons. The Labute approximate surface area is 115 Å². The van der Waals surface area contributed by atoms with Gasteiger partial charge in [-0.25, -0.2) is 0 Å². The number of rotatable bonds is 3. The zero-order valence-corrected chi connectivity index (χ0v) is 11.9. The Hall–Kier alpha value is -1.35. The molecule has 3 heteroatoms. The molecule has 0 saturated carbocycles. The molecule has 2 unspecified atom stereocenters. The maximum Gasteiger partial charge on any atom is 0.222 e. The van der Waals surface area contributed by atoms with E-state index in [9.17, 15) is 4.79 Å². The summed E-state index contributed by atoms with van der Waals surface area (Å²) in [5.74, 6) is 0.593. The van der Waals surface area contributed by atoms with E-state index in [2.05, 4.69) is 31.2 Å². The maximum atomic E-state index is 11.9. The molecule has 1 amide bonds. The van der Waals surface area contributed by atoms with E-state index in [1.165, 1.54) is 11.1 Å². The second-order valence-corrected chi connectivity index (χ2v) is 5.44. The van der Waals surface area contributed by atoms with Gasteiger partial charge < -0.3 is 10.6 Å². The van der Waals surface area contributed by atoms with E-state index < -0.39 is 0 Å². The quantitative estimate of drug-likeness (QED) is 0.906. The van der Waals surface area contributed by atoms with Crippen LogP contribution >= 0.6 is 0 Å². The van der Waals surface area contributed by atoms with Gasteiger partial charge in [0.25, 0.3) is 0 Å². The van der Waals surface area contributed by atoms with Crippen LogP contribution in [0.1, 0.15) is 43.7 Å². The molecule has 19 heavy (non-hydrogen) atoms. The van der Waals surface area contributed by atoms with E-state index >= 15 is 0 Å². The van der Waals surface area contributed by atoms with Crippen LogP contribution in [0.2, 0.25) is 0 Å². The highest BCUT2D eigenvalue weighted by Gasteiger charge is 2.28. The van der Waals surface area contributed by atoms with Crippen molar-refractivity contribution in [3.63, 3.8) is 0 Å². The highest BCUT2D eigenvalue weighted by atomic mass is 16.2. The second kappa shape index (κ2) is 6.20. The van der Waals surface area contributed by atoms with E-state index in [-0.39, 0.29) is 11.9 Å². The number of amides is 1. The number of carbonyl (C=O) groups excluding carboxylic acids is 1. The largest absolute Gasteiger partial charge is 0.341 e. The minimum Gasteiger partial charge on any atom is -0.341 e. The summed E-state index contributed by atoms with van der Waals surface area (Å²) in [6.45, 7) is 5.59. The summed E-state index contributed by atoms with van der Waals surface area (Å²) >= 11 is 0. The first kappa shape index (κ1) is 14.1. The lowest BCUT2D eigenvalue weighted by molar-refractivity contribution is -0.132. The van der Waals surface area contributed by atoms with Crippen molar-refractivity contribution in [2.75, 3.05) is 13.1 Å². The predicted octanol–water partition coefficient (Wildman–Crippen LogP) is 2.30. The molecule has 0 bridgehead atoms. The van der Waals surface area contributed by atoms with Crippen molar-refractivity contribution in [2.45, 2.75) is 45.1 Å². The van der Waals surface area contributed by atoms with E-state index in [1.807, 2.05) is 11.8 Å². The molecule has 0 aliphatic carbocycles. The number of piperidine rings is 1. The smallest absolute Gasteiger partial charge is 0.222 e. The Balaban J connectivity index is 2.11. The van der Waals surface area contributed by atoms with Gasteiger partial charge >= 0.3 is 0 Å². The molecule has 2 atom stereocenters. The third-order valence-electron chi connectivity index (χ3n) is 4.00. The molecule has 1 aliphatic heterocycles. The van der Waals surface area contributed by atoms with E-state index in [0.29, 0.717) is 18.9 Å². The summed E-state index contributed by atoms with van der Waals surface area (Å²) in [6, 6.07) is 8.84. The zero-order chi connectivity index (χ0) is 13.8. The predicted molar refractivity (Wildman–Crippen MR) is 78.0 cm³/mol. The van der Waals surface area contributed by atoms with Crippen molar-refractivity contribution in [1.29, 1.82) is 0 Å². The molecular weight excluding hydrogens is 236 g/mol. The summed E-state index contributed by atoms with van der Waals surface area (Å²) in [5, 5.41) is 0. The Morgan fingerprint density at radius 3 is 2.53 bits per heavy atom.